The van der Waals surface area contributed by atoms with Crippen molar-refractivity contribution in [1.82, 2.24) is 24.3 Å². The molecule has 1 amide bonds. The number of imidazole rings is 1. The van der Waals surface area contributed by atoms with Crippen molar-refractivity contribution in [1.29, 1.82) is 0 Å². The number of anilines is 1. The molecule has 3 aromatic heterocycles. The first-order valence-electron chi connectivity index (χ1n) is 9.83. The lowest BCUT2D eigenvalue weighted by Gasteiger charge is -2.35. The van der Waals surface area contributed by atoms with Crippen molar-refractivity contribution in [3.8, 4) is 11.5 Å². The smallest absolute Gasteiger partial charge is 0.242 e. The number of amides is 1. The number of nitrogens with zero attached hydrogens (tertiary/aromatic N) is 5. The van der Waals surface area contributed by atoms with E-state index in [4.69, 9.17) is 5.73 Å². The average Bonchev–Trinajstić information content (AvgIpc) is 3.34. The van der Waals surface area contributed by atoms with Gasteiger partial charge in [-0.2, -0.15) is 0 Å². The van der Waals surface area contributed by atoms with Crippen molar-refractivity contribution in [3.05, 3.63) is 42.6 Å². The number of carbonyl (C=O) groups excluding carboxylic acids is 1. The zero-order valence-corrected chi connectivity index (χ0v) is 15.9. The Morgan fingerprint density at radius 3 is 2.97 bits per heavy atom. The molecule has 1 aliphatic heterocycles. The van der Waals surface area contributed by atoms with Crippen molar-refractivity contribution in [2.75, 3.05) is 18.4 Å². The molecule has 3 N–H and O–H groups in total. The molecule has 0 radical (unpaired) electrons. The van der Waals surface area contributed by atoms with E-state index in [1.807, 2.05) is 4.90 Å². The highest BCUT2D eigenvalue weighted by atomic mass is 19.1. The fourth-order valence-electron chi connectivity index (χ4n) is 3.83. The van der Waals surface area contributed by atoms with Crippen LogP contribution in [0, 0.1) is 5.82 Å². The number of piperidine rings is 1. The van der Waals surface area contributed by atoms with E-state index in [1.165, 1.54) is 12.3 Å². The van der Waals surface area contributed by atoms with Crippen molar-refractivity contribution >= 4 is 17.4 Å². The standard InChI is InChI=1S/C20H22FN7O/c21-13-3-4-17-24-10-15(28(17)11-13)18-23-8-5-16(26-18)25-14-2-1-9-27(12-14)19(29)20(22)6-7-20/h3-5,8,10-11,14H,1-2,6-7,9,12,22H2,(H,23,25,26). The van der Waals surface area contributed by atoms with E-state index >= 15 is 0 Å². The van der Waals surface area contributed by atoms with Gasteiger partial charge in [-0.15, -0.1) is 0 Å². The fraction of sp³-hybridized carbons (Fsp3) is 0.400. The molecule has 1 saturated heterocycles. The minimum atomic E-state index is -0.637. The lowest BCUT2D eigenvalue weighted by atomic mass is 10.0. The van der Waals surface area contributed by atoms with Crippen LogP contribution in [0.1, 0.15) is 25.7 Å². The first-order chi connectivity index (χ1) is 14.0. The van der Waals surface area contributed by atoms with Crippen LogP contribution in [0.15, 0.2) is 36.8 Å². The van der Waals surface area contributed by atoms with Crippen molar-refractivity contribution < 1.29 is 9.18 Å². The van der Waals surface area contributed by atoms with Gasteiger partial charge in [0.25, 0.3) is 0 Å². The molecule has 150 valence electrons. The number of carbonyl (C=O) groups is 1. The molecule has 1 unspecified atom stereocenters. The van der Waals surface area contributed by atoms with E-state index in [0.29, 0.717) is 29.5 Å². The van der Waals surface area contributed by atoms with Gasteiger partial charge in [-0.05, 0) is 43.9 Å². The molecular formula is C20H22FN7O. The molecule has 0 aromatic carbocycles. The molecule has 0 bridgehead atoms. The van der Waals surface area contributed by atoms with E-state index in [9.17, 15) is 9.18 Å². The maximum absolute atomic E-state index is 13.6. The molecule has 4 heterocycles. The van der Waals surface area contributed by atoms with Gasteiger partial charge in [0.05, 0.1) is 11.7 Å². The Bertz CT molecular complexity index is 1080. The molecule has 1 atom stereocenters. The minimum Gasteiger partial charge on any atom is -0.365 e. The van der Waals surface area contributed by atoms with Crippen LogP contribution < -0.4 is 11.1 Å². The van der Waals surface area contributed by atoms with Gasteiger partial charge in [-0.1, -0.05) is 0 Å². The molecule has 0 spiro atoms. The number of hydrogen-bond acceptors (Lipinski definition) is 6. The summed E-state index contributed by atoms with van der Waals surface area (Å²) in [6.07, 6.45) is 8.07. The molecule has 5 rings (SSSR count). The highest BCUT2D eigenvalue weighted by Crippen LogP contribution is 2.35. The van der Waals surface area contributed by atoms with E-state index in [2.05, 4.69) is 20.3 Å². The summed E-state index contributed by atoms with van der Waals surface area (Å²) in [5.41, 5.74) is 6.68. The first kappa shape index (κ1) is 18.0. The molecule has 1 aliphatic carbocycles. The normalized spacial score (nSPS) is 20.6. The Balaban J connectivity index is 1.34. The predicted octanol–water partition coefficient (Wildman–Crippen LogP) is 1.82. The maximum atomic E-state index is 13.6. The maximum Gasteiger partial charge on any atom is 0.242 e. The molecule has 2 fully saturated rings. The summed E-state index contributed by atoms with van der Waals surface area (Å²) in [6.45, 7) is 1.36. The second kappa shape index (κ2) is 6.77. The van der Waals surface area contributed by atoms with E-state index in [0.717, 1.165) is 32.2 Å². The van der Waals surface area contributed by atoms with E-state index in [-0.39, 0.29) is 17.8 Å². The summed E-state index contributed by atoms with van der Waals surface area (Å²) < 4.78 is 15.3. The summed E-state index contributed by atoms with van der Waals surface area (Å²) in [6, 6.07) is 4.86. The zero-order valence-electron chi connectivity index (χ0n) is 15.9. The number of pyridine rings is 1. The highest BCUT2D eigenvalue weighted by Gasteiger charge is 2.48. The molecule has 8 nitrogen and oxygen atoms in total. The summed E-state index contributed by atoms with van der Waals surface area (Å²) in [5.74, 6) is 0.816. The lowest BCUT2D eigenvalue weighted by molar-refractivity contribution is -0.134. The number of halogens is 1. The van der Waals surface area contributed by atoms with Crippen LogP contribution in [0.4, 0.5) is 10.2 Å². The number of nitrogens with one attached hydrogen (secondary N) is 1. The third-order valence-corrected chi connectivity index (χ3v) is 5.63. The van der Waals surface area contributed by atoms with Gasteiger partial charge in [-0.25, -0.2) is 19.3 Å². The van der Waals surface area contributed by atoms with Crippen molar-refractivity contribution in [3.63, 3.8) is 0 Å². The number of fused-ring (bicyclic) bond motifs is 1. The topological polar surface area (TPSA) is 101 Å². The van der Waals surface area contributed by atoms with Crippen LogP contribution in [0.25, 0.3) is 17.2 Å². The summed E-state index contributed by atoms with van der Waals surface area (Å²) in [7, 11) is 0. The van der Waals surface area contributed by atoms with Gasteiger partial charge in [0, 0.05) is 31.5 Å². The average molecular weight is 395 g/mol. The number of aromatic nitrogens is 4. The Morgan fingerprint density at radius 1 is 1.28 bits per heavy atom. The fourth-order valence-corrected chi connectivity index (χ4v) is 3.83. The quantitative estimate of drug-likeness (QED) is 0.699. The van der Waals surface area contributed by atoms with Crippen LogP contribution in [0.2, 0.25) is 0 Å². The summed E-state index contributed by atoms with van der Waals surface area (Å²) >= 11 is 0. The molecule has 3 aromatic rings. The van der Waals surface area contributed by atoms with Gasteiger partial charge in [0.15, 0.2) is 5.82 Å². The number of rotatable bonds is 4. The second-order valence-electron chi connectivity index (χ2n) is 7.88. The summed E-state index contributed by atoms with van der Waals surface area (Å²) in [5, 5.41) is 3.41. The molecule has 1 saturated carbocycles. The zero-order chi connectivity index (χ0) is 20.0. The highest BCUT2D eigenvalue weighted by molar-refractivity contribution is 5.89. The summed E-state index contributed by atoms with van der Waals surface area (Å²) in [4.78, 5) is 27.6. The Morgan fingerprint density at radius 2 is 2.14 bits per heavy atom. The van der Waals surface area contributed by atoms with Crippen LogP contribution >= 0.6 is 0 Å². The Kier molecular flexibility index (Phi) is 4.20. The Hall–Kier alpha value is -3.07. The molecular weight excluding hydrogens is 373 g/mol. The Labute approximate surface area is 167 Å². The van der Waals surface area contributed by atoms with E-state index in [1.54, 1.807) is 28.9 Å². The van der Waals surface area contributed by atoms with Crippen LogP contribution in [-0.2, 0) is 4.79 Å². The van der Waals surface area contributed by atoms with Crippen molar-refractivity contribution in [2.45, 2.75) is 37.3 Å². The molecule has 2 aliphatic rings. The van der Waals surface area contributed by atoms with Crippen LogP contribution in [0.3, 0.4) is 0 Å². The van der Waals surface area contributed by atoms with E-state index < -0.39 is 5.54 Å². The second-order valence-corrected chi connectivity index (χ2v) is 7.88. The minimum absolute atomic E-state index is 0.0557. The van der Waals surface area contributed by atoms with Crippen LogP contribution in [0.5, 0.6) is 0 Å². The molecule has 29 heavy (non-hydrogen) atoms. The number of nitrogens with two attached hydrogens (primary N) is 1. The van der Waals surface area contributed by atoms with Gasteiger partial charge < -0.3 is 16.0 Å². The molecule has 9 heteroatoms. The van der Waals surface area contributed by atoms with Gasteiger partial charge >= 0.3 is 0 Å². The monoisotopic (exact) mass is 395 g/mol. The largest absolute Gasteiger partial charge is 0.365 e. The van der Waals surface area contributed by atoms with Crippen molar-refractivity contribution in [2.24, 2.45) is 5.73 Å². The lowest BCUT2D eigenvalue weighted by Crippen LogP contribution is -2.52. The number of hydrogen-bond donors (Lipinski definition) is 2. The first-order valence-corrected chi connectivity index (χ1v) is 9.83. The van der Waals surface area contributed by atoms with Crippen LogP contribution in [-0.4, -0.2) is 54.8 Å². The van der Waals surface area contributed by atoms with Gasteiger partial charge in [0.2, 0.25) is 5.91 Å². The van der Waals surface area contributed by atoms with Gasteiger partial charge in [-0.3, -0.25) is 9.20 Å². The number of likely N-dealkylation sites (tertiary alicyclic amines) is 1. The third kappa shape index (κ3) is 3.42. The third-order valence-electron chi connectivity index (χ3n) is 5.63. The SMILES string of the molecule is NC1(C(=O)N2CCCC(Nc3ccnc(-c4cnc5ccc(F)cn45)n3)C2)CC1. The predicted molar refractivity (Wildman–Crippen MR) is 106 cm³/mol. The van der Waals surface area contributed by atoms with Gasteiger partial charge in [0.1, 0.15) is 23.0 Å².